The molecule has 0 rings (SSSR count). The second-order valence-corrected chi connectivity index (χ2v) is 4.19. The van der Waals surface area contributed by atoms with Crippen LogP contribution in [0.5, 0.6) is 0 Å². The van der Waals surface area contributed by atoms with Gasteiger partial charge in [-0.25, -0.2) is 0 Å². The zero-order valence-electron chi connectivity index (χ0n) is 10.7. The van der Waals surface area contributed by atoms with Crippen LogP contribution in [0.25, 0.3) is 0 Å². The molecule has 0 aliphatic heterocycles. The van der Waals surface area contributed by atoms with Gasteiger partial charge in [0.1, 0.15) is 5.92 Å². The van der Waals surface area contributed by atoms with Crippen LogP contribution in [0, 0.1) is 23.2 Å². The number of rotatable bonds is 8. The number of esters is 1. The molecule has 0 saturated carbocycles. The van der Waals surface area contributed by atoms with Crippen molar-refractivity contribution < 1.29 is 9.53 Å². The first kappa shape index (κ1) is 15.0. The first-order valence-electron chi connectivity index (χ1n) is 6.23. The number of carbonyl (C=O) groups is 1. The number of nitrogens with zero attached hydrogens (tertiary/aromatic N) is 1. The fourth-order valence-corrected chi connectivity index (χ4v) is 1.70. The van der Waals surface area contributed by atoms with Crippen molar-refractivity contribution in [1.82, 2.24) is 0 Å². The monoisotopic (exact) mass is 225 g/mol. The van der Waals surface area contributed by atoms with Crippen molar-refractivity contribution in [2.45, 2.75) is 52.9 Å². The molecule has 0 fully saturated rings. The van der Waals surface area contributed by atoms with E-state index in [2.05, 4.69) is 13.0 Å². The van der Waals surface area contributed by atoms with Crippen molar-refractivity contribution in [2.24, 2.45) is 11.8 Å². The molecule has 3 nitrogen and oxygen atoms in total. The molecule has 3 heteroatoms. The topological polar surface area (TPSA) is 50.1 Å². The molecule has 0 aromatic rings. The van der Waals surface area contributed by atoms with Gasteiger partial charge in [-0.15, -0.1) is 0 Å². The number of unbranched alkanes of at least 4 members (excludes halogenated alkanes) is 3. The molecule has 0 aliphatic carbocycles. The maximum atomic E-state index is 11.5. The fraction of sp³-hybridized carbons (Fsp3) is 0.846. The van der Waals surface area contributed by atoms with E-state index in [1.807, 2.05) is 6.92 Å². The van der Waals surface area contributed by atoms with Crippen molar-refractivity contribution in [3.63, 3.8) is 0 Å². The number of hydrogen-bond acceptors (Lipinski definition) is 3. The summed E-state index contributed by atoms with van der Waals surface area (Å²) in [5, 5.41) is 8.95. The summed E-state index contributed by atoms with van der Waals surface area (Å²) in [7, 11) is 0. The molecule has 0 spiro atoms. The van der Waals surface area contributed by atoms with Gasteiger partial charge in [-0.05, 0) is 19.3 Å². The average Bonchev–Trinajstić information content (AvgIpc) is 2.26. The Morgan fingerprint density at radius 1 is 1.31 bits per heavy atom. The lowest BCUT2D eigenvalue weighted by Gasteiger charge is -2.15. The zero-order chi connectivity index (χ0) is 12.4. The summed E-state index contributed by atoms with van der Waals surface area (Å²) in [5.41, 5.74) is 0. The summed E-state index contributed by atoms with van der Waals surface area (Å²) in [5.74, 6) is -0.865. The third-order valence-corrected chi connectivity index (χ3v) is 2.76. The quantitative estimate of drug-likeness (QED) is 0.470. The van der Waals surface area contributed by atoms with E-state index in [0.29, 0.717) is 6.61 Å². The largest absolute Gasteiger partial charge is 0.465 e. The molecule has 0 amide bonds. The lowest BCUT2D eigenvalue weighted by Crippen LogP contribution is -2.22. The fourth-order valence-electron chi connectivity index (χ4n) is 1.70. The van der Waals surface area contributed by atoms with Crippen molar-refractivity contribution in [3.8, 4) is 6.07 Å². The molecule has 0 N–H and O–H groups in total. The van der Waals surface area contributed by atoms with E-state index in [9.17, 15) is 4.79 Å². The van der Waals surface area contributed by atoms with Gasteiger partial charge < -0.3 is 4.74 Å². The highest BCUT2D eigenvalue weighted by molar-refractivity contribution is 5.75. The Morgan fingerprint density at radius 2 is 2.00 bits per heavy atom. The van der Waals surface area contributed by atoms with Crippen LogP contribution in [0.15, 0.2) is 0 Å². The molecule has 16 heavy (non-hydrogen) atoms. The third kappa shape index (κ3) is 5.75. The van der Waals surface area contributed by atoms with Crippen LogP contribution < -0.4 is 0 Å². The third-order valence-electron chi connectivity index (χ3n) is 2.76. The number of carbonyl (C=O) groups excluding carboxylic acids is 1. The molecule has 0 unspecified atom stereocenters. The van der Waals surface area contributed by atoms with E-state index in [-0.39, 0.29) is 11.9 Å². The van der Waals surface area contributed by atoms with Gasteiger partial charge >= 0.3 is 5.97 Å². The van der Waals surface area contributed by atoms with Gasteiger partial charge in [0, 0.05) is 0 Å². The SMILES string of the molecule is CCCCCC[C@H](C)[C@H](C#N)C(=O)OCC. The second kappa shape index (κ2) is 9.21. The minimum Gasteiger partial charge on any atom is -0.465 e. The summed E-state index contributed by atoms with van der Waals surface area (Å²) in [6.45, 7) is 6.23. The van der Waals surface area contributed by atoms with Crippen LogP contribution in [0.2, 0.25) is 0 Å². The van der Waals surface area contributed by atoms with E-state index in [1.54, 1.807) is 6.92 Å². The summed E-state index contributed by atoms with van der Waals surface area (Å²) >= 11 is 0. The van der Waals surface area contributed by atoms with Gasteiger partial charge in [0.25, 0.3) is 0 Å². The minimum absolute atomic E-state index is 0.0981. The van der Waals surface area contributed by atoms with Crippen LogP contribution in [-0.4, -0.2) is 12.6 Å². The predicted octanol–water partition coefficient (Wildman–Crippen LogP) is 3.30. The Kier molecular flexibility index (Phi) is 8.61. The van der Waals surface area contributed by atoms with E-state index < -0.39 is 5.92 Å². The van der Waals surface area contributed by atoms with Gasteiger partial charge in [0.05, 0.1) is 12.7 Å². The van der Waals surface area contributed by atoms with E-state index in [4.69, 9.17) is 10.00 Å². The Morgan fingerprint density at radius 3 is 2.50 bits per heavy atom. The van der Waals surface area contributed by atoms with E-state index in [0.717, 1.165) is 12.8 Å². The molecule has 0 aromatic heterocycles. The zero-order valence-corrected chi connectivity index (χ0v) is 10.7. The Balaban J connectivity index is 3.97. The van der Waals surface area contributed by atoms with Gasteiger partial charge in [0.2, 0.25) is 0 Å². The molecular formula is C13H23NO2. The van der Waals surface area contributed by atoms with E-state index in [1.165, 1.54) is 19.3 Å². The van der Waals surface area contributed by atoms with Crippen molar-refractivity contribution in [1.29, 1.82) is 5.26 Å². The van der Waals surface area contributed by atoms with Crippen molar-refractivity contribution in [3.05, 3.63) is 0 Å². The van der Waals surface area contributed by atoms with Gasteiger partial charge in [-0.3, -0.25) is 4.79 Å². The molecule has 0 aromatic carbocycles. The predicted molar refractivity (Wildman–Crippen MR) is 63.7 cm³/mol. The van der Waals surface area contributed by atoms with Crippen LogP contribution in [-0.2, 0) is 9.53 Å². The lowest BCUT2D eigenvalue weighted by molar-refractivity contribution is -0.147. The molecule has 92 valence electrons. The lowest BCUT2D eigenvalue weighted by atomic mass is 9.90. The van der Waals surface area contributed by atoms with E-state index >= 15 is 0 Å². The first-order valence-corrected chi connectivity index (χ1v) is 6.23. The van der Waals surface area contributed by atoms with Gasteiger partial charge in [-0.2, -0.15) is 5.26 Å². The maximum absolute atomic E-state index is 11.5. The van der Waals surface area contributed by atoms with Crippen molar-refractivity contribution in [2.75, 3.05) is 6.61 Å². The highest BCUT2D eigenvalue weighted by Crippen LogP contribution is 2.20. The highest BCUT2D eigenvalue weighted by atomic mass is 16.5. The van der Waals surface area contributed by atoms with Crippen LogP contribution >= 0.6 is 0 Å². The number of nitriles is 1. The highest BCUT2D eigenvalue weighted by Gasteiger charge is 2.25. The summed E-state index contributed by atoms with van der Waals surface area (Å²) in [6, 6.07) is 2.05. The summed E-state index contributed by atoms with van der Waals surface area (Å²) < 4.78 is 4.88. The van der Waals surface area contributed by atoms with Gasteiger partial charge in [0.15, 0.2) is 0 Å². The number of ether oxygens (including phenoxy) is 1. The first-order chi connectivity index (χ1) is 7.67. The second-order valence-electron chi connectivity index (χ2n) is 4.19. The molecule has 0 aliphatic rings. The van der Waals surface area contributed by atoms with Crippen LogP contribution in [0.3, 0.4) is 0 Å². The molecular weight excluding hydrogens is 202 g/mol. The van der Waals surface area contributed by atoms with Crippen LogP contribution in [0.1, 0.15) is 52.9 Å². The Bertz CT molecular complexity index is 233. The Hall–Kier alpha value is -1.04. The van der Waals surface area contributed by atoms with Gasteiger partial charge in [-0.1, -0.05) is 39.5 Å². The minimum atomic E-state index is -0.596. The maximum Gasteiger partial charge on any atom is 0.323 e. The van der Waals surface area contributed by atoms with Crippen LogP contribution in [0.4, 0.5) is 0 Å². The van der Waals surface area contributed by atoms with Crippen molar-refractivity contribution >= 4 is 5.97 Å². The molecule has 0 bridgehead atoms. The molecule has 0 saturated heterocycles. The smallest absolute Gasteiger partial charge is 0.323 e. The summed E-state index contributed by atoms with van der Waals surface area (Å²) in [6.07, 6.45) is 5.63. The normalized spacial score (nSPS) is 13.9. The molecule has 2 atom stereocenters. The molecule has 0 radical (unpaired) electrons. The average molecular weight is 225 g/mol. The number of hydrogen-bond donors (Lipinski definition) is 0. The Labute approximate surface area is 98.8 Å². The molecule has 0 heterocycles. The summed E-state index contributed by atoms with van der Waals surface area (Å²) in [4.78, 5) is 11.5. The standard InChI is InChI=1S/C13H23NO2/c1-4-6-7-8-9-11(3)12(10-14)13(15)16-5-2/h11-12H,4-9H2,1-3H3/t11-,12-/m0/s1.